The SMILES string of the molecule is Nc1ccccc1-c1cc2ccccc2c2c1C1C=CC=CC1C=C2. The van der Waals surface area contributed by atoms with E-state index in [-0.39, 0.29) is 0 Å². The zero-order chi connectivity index (χ0) is 16.8. The summed E-state index contributed by atoms with van der Waals surface area (Å²) in [4.78, 5) is 0. The first-order chi connectivity index (χ1) is 12.3. The third-order valence-corrected chi connectivity index (χ3v) is 5.38. The lowest BCUT2D eigenvalue weighted by Crippen LogP contribution is -2.15. The highest BCUT2D eigenvalue weighted by Gasteiger charge is 2.28. The second-order valence-electron chi connectivity index (χ2n) is 6.79. The molecule has 0 amide bonds. The maximum absolute atomic E-state index is 6.35. The number of hydrogen-bond donors (Lipinski definition) is 1. The second-order valence-corrected chi connectivity index (χ2v) is 6.79. The first kappa shape index (κ1) is 14.3. The highest BCUT2D eigenvalue weighted by Crippen LogP contribution is 2.46. The third kappa shape index (κ3) is 2.16. The molecule has 120 valence electrons. The molecule has 0 heterocycles. The molecule has 0 saturated carbocycles. The van der Waals surface area contributed by atoms with Gasteiger partial charge in [0.25, 0.3) is 0 Å². The van der Waals surface area contributed by atoms with Crippen molar-refractivity contribution in [1.82, 2.24) is 0 Å². The fraction of sp³-hybridized carbons (Fsp3) is 0.0833. The molecule has 1 heteroatoms. The van der Waals surface area contributed by atoms with Crippen LogP contribution in [0, 0.1) is 5.92 Å². The van der Waals surface area contributed by atoms with Crippen LogP contribution in [-0.4, -0.2) is 0 Å². The van der Waals surface area contributed by atoms with Crippen molar-refractivity contribution in [2.24, 2.45) is 5.92 Å². The van der Waals surface area contributed by atoms with Gasteiger partial charge in [-0.3, -0.25) is 0 Å². The Morgan fingerprint density at radius 3 is 2.48 bits per heavy atom. The zero-order valence-electron chi connectivity index (χ0n) is 13.9. The highest BCUT2D eigenvalue weighted by atomic mass is 14.6. The van der Waals surface area contributed by atoms with Gasteiger partial charge in [0.1, 0.15) is 0 Å². The average Bonchev–Trinajstić information content (AvgIpc) is 2.67. The topological polar surface area (TPSA) is 26.0 Å². The number of fused-ring (bicyclic) bond motifs is 5. The predicted octanol–water partition coefficient (Wildman–Crippen LogP) is 5.94. The van der Waals surface area contributed by atoms with E-state index in [0.29, 0.717) is 11.8 Å². The molecule has 0 aliphatic heterocycles. The van der Waals surface area contributed by atoms with E-state index < -0.39 is 0 Å². The monoisotopic (exact) mass is 321 g/mol. The van der Waals surface area contributed by atoms with E-state index in [9.17, 15) is 0 Å². The number of allylic oxidation sites excluding steroid dienone is 5. The smallest absolute Gasteiger partial charge is 0.0393 e. The standard InChI is InChI=1S/C24H19N/c25-23-12-6-5-11-20(23)22-15-17-8-2-3-9-18(17)21-14-13-16-7-1-4-10-19(16)24(21)22/h1-16,19H,25H2. The van der Waals surface area contributed by atoms with Crippen LogP contribution in [0.3, 0.4) is 0 Å². The molecular weight excluding hydrogens is 302 g/mol. The van der Waals surface area contributed by atoms with E-state index in [0.717, 1.165) is 11.3 Å². The van der Waals surface area contributed by atoms with Gasteiger partial charge in [-0.1, -0.05) is 78.9 Å². The van der Waals surface area contributed by atoms with E-state index in [4.69, 9.17) is 5.73 Å². The van der Waals surface area contributed by atoms with E-state index in [2.05, 4.69) is 78.9 Å². The summed E-state index contributed by atoms with van der Waals surface area (Å²) < 4.78 is 0. The number of nitrogen functional groups attached to an aromatic ring is 1. The summed E-state index contributed by atoms with van der Waals surface area (Å²) in [7, 11) is 0. The summed E-state index contributed by atoms with van der Waals surface area (Å²) in [6, 6.07) is 19.1. The first-order valence-corrected chi connectivity index (χ1v) is 8.76. The number of hydrogen-bond acceptors (Lipinski definition) is 1. The van der Waals surface area contributed by atoms with Crippen LogP contribution in [0.4, 0.5) is 5.69 Å². The number of nitrogens with two attached hydrogens (primary N) is 1. The third-order valence-electron chi connectivity index (χ3n) is 5.38. The van der Waals surface area contributed by atoms with Gasteiger partial charge >= 0.3 is 0 Å². The van der Waals surface area contributed by atoms with Crippen LogP contribution < -0.4 is 5.73 Å². The Kier molecular flexibility index (Phi) is 3.14. The summed E-state index contributed by atoms with van der Waals surface area (Å²) in [5.74, 6) is 0.784. The van der Waals surface area contributed by atoms with Crippen molar-refractivity contribution in [3.05, 3.63) is 96.1 Å². The molecule has 0 bridgehead atoms. The Labute approximate surface area is 147 Å². The van der Waals surface area contributed by atoms with Crippen LogP contribution in [0.2, 0.25) is 0 Å². The van der Waals surface area contributed by atoms with Crippen molar-refractivity contribution in [1.29, 1.82) is 0 Å². The van der Waals surface area contributed by atoms with E-state index in [1.54, 1.807) is 0 Å². The van der Waals surface area contributed by atoms with Gasteiger partial charge in [-0.25, -0.2) is 0 Å². The minimum absolute atomic E-state index is 0.365. The zero-order valence-corrected chi connectivity index (χ0v) is 13.9. The summed E-state index contributed by atoms with van der Waals surface area (Å²) in [6.45, 7) is 0. The Morgan fingerprint density at radius 1 is 0.760 bits per heavy atom. The van der Waals surface area contributed by atoms with E-state index in [1.165, 1.54) is 27.5 Å². The van der Waals surface area contributed by atoms with Crippen molar-refractivity contribution in [3.63, 3.8) is 0 Å². The van der Waals surface area contributed by atoms with Crippen LogP contribution in [0.5, 0.6) is 0 Å². The quantitative estimate of drug-likeness (QED) is 0.551. The molecule has 0 saturated heterocycles. The van der Waals surface area contributed by atoms with Gasteiger partial charge in [0.05, 0.1) is 0 Å². The van der Waals surface area contributed by atoms with Gasteiger partial charge < -0.3 is 5.73 Å². The van der Waals surface area contributed by atoms with Gasteiger partial charge in [0.2, 0.25) is 0 Å². The van der Waals surface area contributed by atoms with Crippen LogP contribution >= 0.6 is 0 Å². The molecule has 2 N–H and O–H groups in total. The van der Waals surface area contributed by atoms with E-state index in [1.807, 2.05) is 12.1 Å². The first-order valence-electron chi connectivity index (χ1n) is 8.76. The van der Waals surface area contributed by atoms with Gasteiger partial charge in [-0.2, -0.15) is 0 Å². The number of benzene rings is 3. The lowest BCUT2D eigenvalue weighted by Gasteiger charge is -2.31. The molecule has 0 aromatic heterocycles. The van der Waals surface area contributed by atoms with E-state index >= 15 is 0 Å². The van der Waals surface area contributed by atoms with Gasteiger partial charge in [-0.15, -0.1) is 0 Å². The lowest BCUT2D eigenvalue weighted by molar-refractivity contribution is 0.695. The Bertz CT molecular complexity index is 1070. The molecule has 2 aliphatic rings. The number of anilines is 1. The van der Waals surface area contributed by atoms with Crippen molar-refractivity contribution < 1.29 is 0 Å². The van der Waals surface area contributed by atoms with Gasteiger partial charge in [-0.05, 0) is 39.6 Å². The highest BCUT2D eigenvalue weighted by molar-refractivity contribution is 5.99. The Balaban J connectivity index is 1.90. The molecule has 2 unspecified atom stereocenters. The van der Waals surface area contributed by atoms with Crippen molar-refractivity contribution >= 4 is 22.5 Å². The van der Waals surface area contributed by atoms with Gasteiger partial charge in [0.15, 0.2) is 0 Å². The molecule has 3 aromatic rings. The summed E-state index contributed by atoms with van der Waals surface area (Å²) in [6.07, 6.45) is 13.6. The van der Waals surface area contributed by atoms with Gasteiger partial charge in [0, 0.05) is 23.1 Å². The molecule has 0 radical (unpaired) electrons. The van der Waals surface area contributed by atoms with Crippen LogP contribution in [0.15, 0.2) is 85.0 Å². The Morgan fingerprint density at radius 2 is 1.56 bits per heavy atom. The average molecular weight is 321 g/mol. The van der Waals surface area contributed by atoms with Crippen molar-refractivity contribution in [2.75, 3.05) is 5.73 Å². The fourth-order valence-electron chi connectivity index (χ4n) is 4.20. The molecule has 3 aromatic carbocycles. The largest absolute Gasteiger partial charge is 0.398 e. The van der Waals surface area contributed by atoms with Crippen molar-refractivity contribution in [2.45, 2.75) is 5.92 Å². The minimum Gasteiger partial charge on any atom is -0.398 e. The van der Waals surface area contributed by atoms with Crippen molar-refractivity contribution in [3.8, 4) is 11.1 Å². The maximum Gasteiger partial charge on any atom is 0.0393 e. The fourth-order valence-corrected chi connectivity index (χ4v) is 4.20. The maximum atomic E-state index is 6.35. The predicted molar refractivity (Wildman–Crippen MR) is 107 cm³/mol. The second kappa shape index (κ2) is 5.49. The molecule has 2 atom stereocenters. The molecule has 0 spiro atoms. The number of rotatable bonds is 1. The van der Waals surface area contributed by atoms with Crippen LogP contribution in [0.1, 0.15) is 17.0 Å². The molecule has 5 rings (SSSR count). The molecule has 0 fully saturated rings. The Hall–Kier alpha value is -3.06. The molecule has 2 aliphatic carbocycles. The summed E-state index contributed by atoms with van der Waals surface area (Å²) in [5.41, 5.74) is 12.3. The summed E-state index contributed by atoms with van der Waals surface area (Å²) in [5, 5.41) is 2.58. The number of para-hydroxylation sites is 1. The van der Waals surface area contributed by atoms with Crippen LogP contribution in [-0.2, 0) is 0 Å². The van der Waals surface area contributed by atoms with Crippen LogP contribution in [0.25, 0.3) is 28.0 Å². The molecular formula is C24H19N. The normalized spacial score (nSPS) is 20.5. The molecule has 1 nitrogen and oxygen atoms in total. The minimum atomic E-state index is 0.365. The lowest BCUT2D eigenvalue weighted by atomic mass is 9.73. The molecule has 25 heavy (non-hydrogen) atoms. The summed E-state index contributed by atoms with van der Waals surface area (Å²) >= 11 is 0.